The predicted octanol–water partition coefficient (Wildman–Crippen LogP) is -0.394. The molecule has 1 heterocycles. The first-order valence-corrected chi connectivity index (χ1v) is 7.15. The molecular formula is C15H22ClN3O3. The molecule has 1 aromatic carbocycles. The van der Waals surface area contributed by atoms with Crippen molar-refractivity contribution < 1.29 is 14.7 Å². The van der Waals surface area contributed by atoms with E-state index in [0.717, 1.165) is 12.0 Å². The Hall–Kier alpha value is -1.63. The smallest absolute Gasteiger partial charge is 0.239 e. The van der Waals surface area contributed by atoms with Gasteiger partial charge in [-0.3, -0.25) is 9.59 Å². The molecule has 0 bridgehead atoms. The average molecular weight is 328 g/mol. The molecule has 2 atom stereocenters. The van der Waals surface area contributed by atoms with Gasteiger partial charge < -0.3 is 21.1 Å². The molecule has 0 aliphatic carbocycles. The fraction of sp³-hybridized carbons (Fsp3) is 0.467. The summed E-state index contributed by atoms with van der Waals surface area (Å²) in [6.07, 6.45) is 0.665. The summed E-state index contributed by atoms with van der Waals surface area (Å²) in [5, 5.41) is 17.6. The van der Waals surface area contributed by atoms with Crippen molar-refractivity contribution in [3.8, 4) is 0 Å². The van der Waals surface area contributed by atoms with Crippen LogP contribution >= 0.6 is 12.4 Å². The predicted molar refractivity (Wildman–Crippen MR) is 85.8 cm³/mol. The fourth-order valence-electron chi connectivity index (χ4n) is 2.26. The van der Waals surface area contributed by atoms with E-state index >= 15 is 0 Å². The van der Waals surface area contributed by atoms with E-state index in [-0.39, 0.29) is 30.8 Å². The van der Waals surface area contributed by atoms with Gasteiger partial charge in [0.15, 0.2) is 0 Å². The lowest BCUT2D eigenvalue weighted by molar-refractivity contribution is -0.127. The largest absolute Gasteiger partial charge is 0.392 e. The molecule has 1 aromatic rings. The molecule has 6 nitrogen and oxygen atoms in total. The highest BCUT2D eigenvalue weighted by atomic mass is 35.5. The molecule has 7 heteroatoms. The maximum absolute atomic E-state index is 11.7. The Kier molecular flexibility index (Phi) is 7.87. The highest BCUT2D eigenvalue weighted by Gasteiger charge is 2.27. The summed E-state index contributed by atoms with van der Waals surface area (Å²) in [6.45, 7) is 0.919. The van der Waals surface area contributed by atoms with Gasteiger partial charge in [-0.2, -0.15) is 0 Å². The van der Waals surface area contributed by atoms with E-state index in [4.69, 9.17) is 0 Å². The van der Waals surface area contributed by atoms with Gasteiger partial charge in [0.25, 0.3) is 0 Å². The van der Waals surface area contributed by atoms with Crippen LogP contribution in [0, 0.1) is 0 Å². The number of carbonyl (C=O) groups is 2. The standard InChI is InChI=1S/C15H21N3O3.ClH/c19-12-8-13(17-9-12)15(21)18-10-14(20)16-7-6-11-4-2-1-3-5-11;/h1-5,12-13,17,19H,6-10H2,(H,16,20)(H,18,21);1H. The quantitative estimate of drug-likeness (QED) is 0.572. The zero-order valence-electron chi connectivity index (χ0n) is 12.2. The molecule has 4 N–H and O–H groups in total. The molecule has 0 radical (unpaired) electrons. The van der Waals surface area contributed by atoms with Gasteiger partial charge >= 0.3 is 0 Å². The minimum absolute atomic E-state index is 0. The zero-order chi connectivity index (χ0) is 15.1. The van der Waals surface area contributed by atoms with Gasteiger partial charge in [0.1, 0.15) is 0 Å². The van der Waals surface area contributed by atoms with Crippen LogP contribution in [0.4, 0.5) is 0 Å². The number of carbonyl (C=O) groups excluding carboxylic acids is 2. The van der Waals surface area contributed by atoms with Crippen LogP contribution in [0.15, 0.2) is 30.3 Å². The van der Waals surface area contributed by atoms with Gasteiger partial charge in [-0.25, -0.2) is 0 Å². The van der Waals surface area contributed by atoms with Crippen molar-refractivity contribution in [3.05, 3.63) is 35.9 Å². The first-order chi connectivity index (χ1) is 10.1. The van der Waals surface area contributed by atoms with Crippen molar-refractivity contribution in [2.24, 2.45) is 0 Å². The second kappa shape index (κ2) is 9.40. The van der Waals surface area contributed by atoms with E-state index in [1.807, 2.05) is 30.3 Å². The lowest BCUT2D eigenvalue weighted by atomic mass is 10.1. The summed E-state index contributed by atoms with van der Waals surface area (Å²) in [7, 11) is 0. The highest BCUT2D eigenvalue weighted by molar-refractivity contribution is 5.87. The van der Waals surface area contributed by atoms with Crippen LogP contribution in [0.25, 0.3) is 0 Å². The first-order valence-electron chi connectivity index (χ1n) is 7.15. The van der Waals surface area contributed by atoms with Gasteiger partial charge in [-0.1, -0.05) is 30.3 Å². The molecule has 1 fully saturated rings. The summed E-state index contributed by atoms with van der Waals surface area (Å²) >= 11 is 0. The lowest BCUT2D eigenvalue weighted by Gasteiger charge is -2.11. The molecule has 122 valence electrons. The normalized spacial score (nSPS) is 20.0. The van der Waals surface area contributed by atoms with Gasteiger partial charge in [-0.15, -0.1) is 12.4 Å². The summed E-state index contributed by atoms with van der Waals surface area (Å²) < 4.78 is 0. The van der Waals surface area contributed by atoms with Crippen molar-refractivity contribution in [1.29, 1.82) is 0 Å². The molecule has 0 saturated carbocycles. The molecule has 0 aromatic heterocycles. The summed E-state index contributed by atoms with van der Waals surface area (Å²) in [4.78, 5) is 23.3. The SMILES string of the molecule is Cl.O=C(CNC(=O)C1CC(O)CN1)NCCc1ccccc1. The minimum Gasteiger partial charge on any atom is -0.392 e. The van der Waals surface area contributed by atoms with E-state index < -0.39 is 12.1 Å². The number of nitrogens with one attached hydrogen (secondary N) is 3. The van der Waals surface area contributed by atoms with E-state index in [1.165, 1.54) is 0 Å². The van der Waals surface area contributed by atoms with Crippen molar-refractivity contribution in [2.45, 2.75) is 25.0 Å². The molecular weight excluding hydrogens is 306 g/mol. The Bertz CT molecular complexity index is 484. The Morgan fingerprint density at radius 2 is 1.95 bits per heavy atom. The van der Waals surface area contributed by atoms with Crippen LogP contribution in [-0.2, 0) is 16.0 Å². The zero-order valence-corrected chi connectivity index (χ0v) is 13.1. The van der Waals surface area contributed by atoms with Crippen LogP contribution in [0.2, 0.25) is 0 Å². The number of amides is 2. The molecule has 0 spiro atoms. The van der Waals surface area contributed by atoms with Gasteiger partial charge in [0.05, 0.1) is 18.7 Å². The van der Waals surface area contributed by atoms with Crippen molar-refractivity contribution in [2.75, 3.05) is 19.6 Å². The fourth-order valence-corrected chi connectivity index (χ4v) is 2.26. The Labute approximate surface area is 136 Å². The number of halogens is 1. The third-order valence-electron chi connectivity index (χ3n) is 3.43. The molecule has 1 aliphatic heterocycles. The Morgan fingerprint density at radius 1 is 1.23 bits per heavy atom. The third kappa shape index (κ3) is 6.01. The van der Waals surface area contributed by atoms with Crippen LogP contribution in [0.5, 0.6) is 0 Å². The lowest BCUT2D eigenvalue weighted by Crippen LogP contribution is -2.44. The monoisotopic (exact) mass is 327 g/mol. The maximum atomic E-state index is 11.7. The first kappa shape index (κ1) is 18.4. The van der Waals surface area contributed by atoms with E-state index in [9.17, 15) is 14.7 Å². The topological polar surface area (TPSA) is 90.5 Å². The molecule has 22 heavy (non-hydrogen) atoms. The van der Waals surface area contributed by atoms with E-state index in [1.54, 1.807) is 0 Å². The summed E-state index contributed by atoms with van der Waals surface area (Å²) in [5.74, 6) is -0.456. The second-order valence-corrected chi connectivity index (χ2v) is 5.15. The van der Waals surface area contributed by atoms with Crippen molar-refractivity contribution >= 4 is 24.2 Å². The molecule has 2 amide bonds. The Morgan fingerprint density at radius 3 is 2.59 bits per heavy atom. The number of hydrogen-bond acceptors (Lipinski definition) is 4. The summed E-state index contributed by atoms with van der Waals surface area (Å²) in [6, 6.07) is 9.47. The number of hydrogen-bond donors (Lipinski definition) is 4. The molecule has 2 rings (SSSR count). The number of β-amino-alcohol motifs (C(OH)–C–C–N with tert-alkyl or cyclic N) is 1. The van der Waals surface area contributed by atoms with E-state index in [0.29, 0.717) is 19.5 Å². The third-order valence-corrected chi connectivity index (χ3v) is 3.43. The van der Waals surface area contributed by atoms with Crippen molar-refractivity contribution in [1.82, 2.24) is 16.0 Å². The Balaban J connectivity index is 0.00000242. The van der Waals surface area contributed by atoms with Crippen LogP contribution in [-0.4, -0.2) is 48.7 Å². The van der Waals surface area contributed by atoms with Crippen molar-refractivity contribution in [3.63, 3.8) is 0 Å². The summed E-state index contributed by atoms with van der Waals surface area (Å²) in [5.41, 5.74) is 1.16. The van der Waals surface area contributed by atoms with Gasteiger partial charge in [-0.05, 0) is 18.4 Å². The molecule has 1 saturated heterocycles. The van der Waals surface area contributed by atoms with Crippen LogP contribution < -0.4 is 16.0 Å². The van der Waals surface area contributed by atoms with Crippen LogP contribution in [0.1, 0.15) is 12.0 Å². The second-order valence-electron chi connectivity index (χ2n) is 5.15. The van der Waals surface area contributed by atoms with Gasteiger partial charge in [0, 0.05) is 13.1 Å². The number of rotatable bonds is 6. The van der Waals surface area contributed by atoms with E-state index in [2.05, 4.69) is 16.0 Å². The van der Waals surface area contributed by atoms with Crippen LogP contribution in [0.3, 0.4) is 0 Å². The van der Waals surface area contributed by atoms with Gasteiger partial charge in [0.2, 0.25) is 11.8 Å². The number of benzene rings is 1. The number of aliphatic hydroxyl groups excluding tert-OH is 1. The molecule has 2 unspecified atom stereocenters. The average Bonchev–Trinajstić information content (AvgIpc) is 2.92. The minimum atomic E-state index is -0.486. The highest BCUT2D eigenvalue weighted by Crippen LogP contribution is 2.05. The maximum Gasteiger partial charge on any atom is 0.239 e. The number of aliphatic hydroxyl groups is 1. The molecule has 1 aliphatic rings.